The number of hydrogen-bond donors (Lipinski definition) is 0. The van der Waals surface area contributed by atoms with Crippen molar-refractivity contribution in [1.82, 2.24) is 0 Å². The Bertz CT molecular complexity index is 237. The Kier molecular flexibility index (Phi) is 3.54. The van der Waals surface area contributed by atoms with Crippen LogP contribution < -0.4 is 0 Å². The third-order valence-electron chi connectivity index (χ3n) is 1.94. The van der Waals surface area contributed by atoms with E-state index in [2.05, 4.69) is 14.8 Å². The summed E-state index contributed by atoms with van der Waals surface area (Å²) >= 11 is 0. The van der Waals surface area contributed by atoms with Gasteiger partial charge in [-0.15, -0.1) is 0 Å². The van der Waals surface area contributed by atoms with Crippen LogP contribution in [0.25, 0.3) is 10.4 Å². The number of esters is 1. The van der Waals surface area contributed by atoms with E-state index in [0.29, 0.717) is 19.6 Å². The van der Waals surface area contributed by atoms with Crippen LogP contribution in [0.4, 0.5) is 0 Å². The number of hydrogen-bond acceptors (Lipinski definition) is 4. The molecule has 0 spiro atoms. The van der Waals surface area contributed by atoms with Gasteiger partial charge in [-0.1, -0.05) is 5.11 Å². The summed E-state index contributed by atoms with van der Waals surface area (Å²) < 4.78 is 9.67. The minimum absolute atomic E-state index is 0.247. The third kappa shape index (κ3) is 2.61. The van der Waals surface area contributed by atoms with Crippen molar-refractivity contribution >= 4 is 5.97 Å². The first-order chi connectivity index (χ1) is 6.27. The smallest absolute Gasteiger partial charge is 0.311 e. The van der Waals surface area contributed by atoms with Crippen molar-refractivity contribution in [2.24, 2.45) is 11.0 Å². The number of ether oxygens (including phenoxy) is 2. The van der Waals surface area contributed by atoms with E-state index in [1.807, 2.05) is 0 Å². The average Bonchev–Trinajstić information content (AvgIpc) is 2.18. The van der Waals surface area contributed by atoms with E-state index in [9.17, 15) is 4.79 Å². The Labute approximate surface area is 75.4 Å². The predicted octanol–water partition coefficient (Wildman–Crippen LogP) is 0.875. The maximum atomic E-state index is 11.1. The van der Waals surface area contributed by atoms with Crippen LogP contribution in [0.2, 0.25) is 0 Å². The van der Waals surface area contributed by atoms with E-state index in [0.717, 1.165) is 0 Å². The molecule has 0 amide bonds. The minimum atomic E-state index is -0.308. The van der Waals surface area contributed by atoms with Crippen molar-refractivity contribution in [2.75, 3.05) is 20.3 Å². The molecule has 13 heavy (non-hydrogen) atoms. The normalized spacial score (nSPS) is 27.5. The number of nitrogens with zero attached hydrogens (tertiary/aromatic N) is 3. The van der Waals surface area contributed by atoms with Crippen molar-refractivity contribution in [3.8, 4) is 0 Å². The molecule has 0 aliphatic carbocycles. The Morgan fingerprint density at radius 3 is 3.08 bits per heavy atom. The molecule has 1 rings (SSSR count). The molecule has 0 aromatic rings. The molecule has 0 saturated carbocycles. The Morgan fingerprint density at radius 1 is 1.69 bits per heavy atom. The summed E-state index contributed by atoms with van der Waals surface area (Å²) in [6, 6.07) is -0.247. The second-order valence-electron chi connectivity index (χ2n) is 2.85. The fourth-order valence-electron chi connectivity index (χ4n) is 1.30. The van der Waals surface area contributed by atoms with E-state index in [4.69, 9.17) is 10.3 Å². The van der Waals surface area contributed by atoms with Crippen LogP contribution in [0.5, 0.6) is 0 Å². The number of methoxy groups -OCH3 is 1. The molecule has 1 aliphatic rings. The fourth-order valence-corrected chi connectivity index (χ4v) is 1.30. The Hall–Kier alpha value is -1.26. The highest BCUT2D eigenvalue weighted by Gasteiger charge is 2.27. The van der Waals surface area contributed by atoms with E-state index >= 15 is 0 Å². The van der Waals surface area contributed by atoms with Crippen molar-refractivity contribution < 1.29 is 14.3 Å². The number of carbonyl (C=O) groups is 1. The van der Waals surface area contributed by atoms with Crippen molar-refractivity contribution in [1.29, 1.82) is 0 Å². The molecule has 1 aliphatic heterocycles. The average molecular weight is 185 g/mol. The van der Waals surface area contributed by atoms with E-state index in [-0.39, 0.29) is 17.9 Å². The monoisotopic (exact) mass is 185 g/mol. The predicted molar refractivity (Wildman–Crippen MR) is 43.9 cm³/mol. The van der Waals surface area contributed by atoms with Crippen LogP contribution in [0.1, 0.15) is 6.42 Å². The molecule has 0 N–H and O–H groups in total. The van der Waals surface area contributed by atoms with Crippen molar-refractivity contribution in [3.63, 3.8) is 0 Å². The zero-order chi connectivity index (χ0) is 9.68. The maximum Gasteiger partial charge on any atom is 0.311 e. The zero-order valence-electron chi connectivity index (χ0n) is 7.34. The van der Waals surface area contributed by atoms with E-state index < -0.39 is 0 Å². The SMILES string of the molecule is COC(=O)C1COCC(N=[N+]=[N-])C1. The van der Waals surface area contributed by atoms with Gasteiger partial charge in [0.25, 0.3) is 0 Å². The Balaban J connectivity index is 2.50. The van der Waals surface area contributed by atoms with E-state index in [1.165, 1.54) is 7.11 Å². The molecule has 1 heterocycles. The van der Waals surface area contributed by atoms with Crippen LogP contribution >= 0.6 is 0 Å². The standard InChI is InChI=1S/C7H11N3O3/c1-12-7(11)5-2-6(9-10-8)4-13-3-5/h5-6H,2-4H2,1H3. The van der Waals surface area contributed by atoms with Gasteiger partial charge in [0.15, 0.2) is 0 Å². The zero-order valence-corrected chi connectivity index (χ0v) is 7.34. The number of azide groups is 1. The lowest BCUT2D eigenvalue weighted by atomic mass is 9.99. The van der Waals surface area contributed by atoms with Crippen molar-refractivity contribution in [3.05, 3.63) is 10.4 Å². The van der Waals surface area contributed by atoms with Gasteiger partial charge in [0.1, 0.15) is 0 Å². The summed E-state index contributed by atoms with van der Waals surface area (Å²) in [7, 11) is 1.33. The molecule has 0 radical (unpaired) electrons. The molecule has 1 fully saturated rings. The van der Waals surface area contributed by atoms with Gasteiger partial charge in [-0.05, 0) is 12.0 Å². The lowest BCUT2D eigenvalue weighted by Gasteiger charge is -2.24. The summed E-state index contributed by atoms with van der Waals surface area (Å²) in [4.78, 5) is 13.8. The van der Waals surface area contributed by atoms with Gasteiger partial charge in [-0.2, -0.15) is 0 Å². The first kappa shape index (κ1) is 9.83. The van der Waals surface area contributed by atoms with Crippen LogP contribution in [0.3, 0.4) is 0 Å². The summed E-state index contributed by atoms with van der Waals surface area (Å²) in [6.45, 7) is 0.738. The molecular formula is C7H11N3O3. The summed E-state index contributed by atoms with van der Waals surface area (Å²) in [6.07, 6.45) is 0.511. The topological polar surface area (TPSA) is 84.3 Å². The molecule has 2 unspecified atom stereocenters. The highest BCUT2D eigenvalue weighted by Crippen LogP contribution is 2.17. The van der Waals surface area contributed by atoms with Gasteiger partial charge in [-0.25, -0.2) is 0 Å². The lowest BCUT2D eigenvalue weighted by Crippen LogP contribution is -2.33. The van der Waals surface area contributed by atoms with Gasteiger partial charge in [-0.3, -0.25) is 4.79 Å². The van der Waals surface area contributed by atoms with Crippen molar-refractivity contribution in [2.45, 2.75) is 12.5 Å². The maximum absolute atomic E-state index is 11.1. The first-order valence-corrected chi connectivity index (χ1v) is 3.97. The summed E-state index contributed by atoms with van der Waals surface area (Å²) in [5, 5.41) is 3.50. The van der Waals surface area contributed by atoms with Crippen LogP contribution in [0, 0.1) is 5.92 Å². The largest absolute Gasteiger partial charge is 0.469 e. The second-order valence-corrected chi connectivity index (χ2v) is 2.85. The third-order valence-corrected chi connectivity index (χ3v) is 1.94. The van der Waals surface area contributed by atoms with Gasteiger partial charge >= 0.3 is 5.97 Å². The fraction of sp³-hybridized carbons (Fsp3) is 0.857. The van der Waals surface area contributed by atoms with Crippen LogP contribution in [0.15, 0.2) is 5.11 Å². The highest BCUT2D eigenvalue weighted by molar-refractivity contribution is 5.72. The van der Waals surface area contributed by atoms with Gasteiger partial charge < -0.3 is 9.47 Å². The molecule has 6 heteroatoms. The molecule has 2 atom stereocenters. The summed E-state index contributed by atoms with van der Waals surface area (Å²) in [5.74, 6) is -0.605. The molecule has 1 saturated heterocycles. The van der Waals surface area contributed by atoms with Crippen LogP contribution in [-0.2, 0) is 14.3 Å². The van der Waals surface area contributed by atoms with E-state index in [1.54, 1.807) is 0 Å². The quantitative estimate of drug-likeness (QED) is 0.277. The second kappa shape index (κ2) is 4.69. The van der Waals surface area contributed by atoms with Gasteiger partial charge in [0.2, 0.25) is 0 Å². The molecular weight excluding hydrogens is 174 g/mol. The number of carbonyl (C=O) groups excluding carboxylic acids is 1. The minimum Gasteiger partial charge on any atom is -0.469 e. The van der Waals surface area contributed by atoms with Gasteiger partial charge in [0.05, 0.1) is 32.3 Å². The van der Waals surface area contributed by atoms with Crippen LogP contribution in [-0.4, -0.2) is 32.3 Å². The lowest BCUT2D eigenvalue weighted by molar-refractivity contribution is -0.150. The summed E-state index contributed by atoms with van der Waals surface area (Å²) in [5.41, 5.74) is 8.19. The number of rotatable bonds is 2. The molecule has 0 bridgehead atoms. The highest BCUT2D eigenvalue weighted by atomic mass is 16.5. The molecule has 72 valence electrons. The Morgan fingerprint density at radius 2 is 2.46 bits per heavy atom. The first-order valence-electron chi connectivity index (χ1n) is 3.97. The van der Waals surface area contributed by atoms with Gasteiger partial charge in [0, 0.05) is 4.91 Å². The molecule has 0 aromatic heterocycles. The molecule has 6 nitrogen and oxygen atoms in total. The molecule has 0 aromatic carbocycles.